The number of hydrogen-bond donors (Lipinski definition) is 1. The summed E-state index contributed by atoms with van der Waals surface area (Å²) in [5, 5.41) is 1.57. The van der Waals surface area contributed by atoms with Crippen LogP contribution in [0.5, 0.6) is 0 Å². The van der Waals surface area contributed by atoms with E-state index >= 15 is 0 Å². The van der Waals surface area contributed by atoms with Crippen LogP contribution in [0.1, 0.15) is 5.56 Å². The minimum atomic E-state index is -3.91. The Morgan fingerprint density at radius 3 is 2.40 bits per heavy atom. The van der Waals surface area contributed by atoms with Crippen LogP contribution in [0, 0.1) is 11.6 Å². The Morgan fingerprint density at radius 2 is 1.70 bits per heavy atom. The monoisotopic (exact) mass is 484 g/mol. The summed E-state index contributed by atoms with van der Waals surface area (Å²) in [4.78, 5) is 4.53. The summed E-state index contributed by atoms with van der Waals surface area (Å²) in [6, 6.07) is 12.6. The zero-order valence-electron chi connectivity index (χ0n) is 15.0. The smallest absolute Gasteiger partial charge is 0.236 e. The lowest BCUT2D eigenvalue weighted by atomic mass is 10.2. The van der Waals surface area contributed by atoms with E-state index in [2.05, 4.69) is 9.71 Å². The number of fused-ring (bicyclic) bond motifs is 1. The molecule has 1 N–H and O–H groups in total. The van der Waals surface area contributed by atoms with E-state index in [9.17, 15) is 17.2 Å². The molecule has 0 fully saturated rings. The second-order valence-corrected chi connectivity index (χ2v) is 10.1. The summed E-state index contributed by atoms with van der Waals surface area (Å²) in [6.45, 7) is 0. The largest absolute Gasteiger partial charge is 0.283 e. The van der Waals surface area contributed by atoms with E-state index < -0.39 is 27.4 Å². The van der Waals surface area contributed by atoms with Crippen LogP contribution in [0.4, 0.5) is 14.5 Å². The van der Waals surface area contributed by atoms with Gasteiger partial charge in [-0.2, -0.15) is 0 Å². The minimum absolute atomic E-state index is 0.00384. The molecule has 1 heterocycles. The number of nitrogens with zero attached hydrogens (tertiary/aromatic N) is 1. The fraction of sp³-hybridized carbons (Fsp3) is 0.0500. The van der Waals surface area contributed by atoms with Gasteiger partial charge in [-0.25, -0.2) is 22.2 Å². The predicted molar refractivity (Wildman–Crippen MR) is 118 cm³/mol. The molecule has 0 atom stereocenters. The summed E-state index contributed by atoms with van der Waals surface area (Å²) in [6.07, 6.45) is 0. The minimum Gasteiger partial charge on any atom is -0.283 e. The lowest BCUT2D eigenvalue weighted by molar-refractivity contribution is 0.579. The molecule has 0 radical (unpaired) electrons. The standard InChI is InChI=1S/C20H12Cl2F2N2O2S2/c21-12-1-4-18-19(7-12)29-20(25-18)16-3-2-15(9-17(16)22)26-30(27,28)10-11-5-13(23)8-14(24)6-11/h1-9,26H,10H2. The third kappa shape index (κ3) is 4.73. The molecule has 0 amide bonds. The van der Waals surface area contributed by atoms with Crippen LogP contribution < -0.4 is 4.72 Å². The molecule has 30 heavy (non-hydrogen) atoms. The summed E-state index contributed by atoms with van der Waals surface area (Å²) >= 11 is 13.8. The van der Waals surface area contributed by atoms with Crippen molar-refractivity contribution in [2.45, 2.75) is 5.75 Å². The molecule has 0 unspecified atom stereocenters. The van der Waals surface area contributed by atoms with Gasteiger partial charge in [0.15, 0.2) is 0 Å². The van der Waals surface area contributed by atoms with Gasteiger partial charge in [0.1, 0.15) is 16.6 Å². The summed E-state index contributed by atoms with van der Waals surface area (Å²) in [5.74, 6) is -2.27. The zero-order chi connectivity index (χ0) is 21.5. The first-order chi connectivity index (χ1) is 14.2. The number of sulfonamides is 1. The van der Waals surface area contributed by atoms with Gasteiger partial charge in [-0.05, 0) is 54.1 Å². The topological polar surface area (TPSA) is 59.1 Å². The quantitative estimate of drug-likeness (QED) is 0.352. The third-order valence-corrected chi connectivity index (χ3v) is 6.96. The Hall–Kier alpha value is -2.26. The van der Waals surface area contributed by atoms with Gasteiger partial charge < -0.3 is 0 Å². The average Bonchev–Trinajstić information content (AvgIpc) is 3.02. The Labute approximate surface area is 185 Å². The maximum absolute atomic E-state index is 13.3. The summed E-state index contributed by atoms with van der Waals surface area (Å²) in [7, 11) is -3.91. The molecule has 154 valence electrons. The van der Waals surface area contributed by atoms with E-state index in [1.54, 1.807) is 18.2 Å². The zero-order valence-corrected chi connectivity index (χ0v) is 18.1. The molecule has 3 aromatic carbocycles. The van der Waals surface area contributed by atoms with Gasteiger partial charge in [-0.3, -0.25) is 4.72 Å². The van der Waals surface area contributed by atoms with Crippen molar-refractivity contribution in [3.63, 3.8) is 0 Å². The maximum atomic E-state index is 13.3. The van der Waals surface area contributed by atoms with Gasteiger partial charge >= 0.3 is 0 Å². The molecule has 4 nitrogen and oxygen atoms in total. The van der Waals surface area contributed by atoms with E-state index in [0.29, 0.717) is 26.7 Å². The number of halogens is 4. The van der Waals surface area contributed by atoms with E-state index in [-0.39, 0.29) is 11.3 Å². The fourth-order valence-corrected chi connectivity index (χ4v) is 5.67. The van der Waals surface area contributed by atoms with E-state index in [1.807, 2.05) is 12.1 Å². The number of nitrogens with one attached hydrogen (secondary N) is 1. The lowest BCUT2D eigenvalue weighted by Gasteiger charge is -2.10. The number of anilines is 1. The van der Waals surface area contributed by atoms with Crippen molar-refractivity contribution in [3.8, 4) is 10.6 Å². The van der Waals surface area contributed by atoms with Crippen molar-refractivity contribution < 1.29 is 17.2 Å². The van der Waals surface area contributed by atoms with Crippen LogP contribution in [0.3, 0.4) is 0 Å². The van der Waals surface area contributed by atoms with Gasteiger partial charge in [0, 0.05) is 16.7 Å². The third-order valence-electron chi connectivity index (χ3n) is 4.10. The number of benzene rings is 3. The van der Waals surface area contributed by atoms with Gasteiger partial charge in [0.05, 0.1) is 26.7 Å². The van der Waals surface area contributed by atoms with Crippen LogP contribution in [0.15, 0.2) is 54.6 Å². The summed E-state index contributed by atoms with van der Waals surface area (Å²) < 4.78 is 54.6. The van der Waals surface area contributed by atoms with Crippen molar-refractivity contribution in [1.82, 2.24) is 4.98 Å². The Morgan fingerprint density at radius 1 is 0.967 bits per heavy atom. The SMILES string of the molecule is O=S(=O)(Cc1cc(F)cc(F)c1)Nc1ccc(-c2nc3ccc(Cl)cc3s2)c(Cl)c1. The molecule has 4 aromatic rings. The normalized spacial score (nSPS) is 11.7. The molecular weight excluding hydrogens is 473 g/mol. The first-order valence-corrected chi connectivity index (χ1v) is 11.7. The second kappa shape index (κ2) is 8.11. The van der Waals surface area contributed by atoms with Crippen molar-refractivity contribution in [2.75, 3.05) is 4.72 Å². The van der Waals surface area contributed by atoms with E-state index in [0.717, 1.165) is 22.3 Å². The highest BCUT2D eigenvalue weighted by Gasteiger charge is 2.16. The van der Waals surface area contributed by atoms with Crippen LogP contribution in [-0.2, 0) is 15.8 Å². The molecule has 10 heteroatoms. The number of rotatable bonds is 5. The van der Waals surface area contributed by atoms with Crippen molar-refractivity contribution in [3.05, 3.63) is 81.8 Å². The Kier molecular flexibility index (Phi) is 5.67. The van der Waals surface area contributed by atoms with Crippen molar-refractivity contribution in [1.29, 1.82) is 0 Å². The molecular formula is C20H12Cl2F2N2O2S2. The van der Waals surface area contributed by atoms with Crippen LogP contribution in [0.25, 0.3) is 20.8 Å². The molecule has 0 saturated carbocycles. The van der Waals surface area contributed by atoms with Crippen molar-refractivity contribution in [2.24, 2.45) is 0 Å². The molecule has 0 saturated heterocycles. The van der Waals surface area contributed by atoms with Gasteiger partial charge in [-0.1, -0.05) is 23.2 Å². The van der Waals surface area contributed by atoms with Crippen LogP contribution in [0.2, 0.25) is 10.0 Å². The van der Waals surface area contributed by atoms with Crippen molar-refractivity contribution >= 4 is 60.5 Å². The van der Waals surface area contributed by atoms with E-state index in [4.69, 9.17) is 23.2 Å². The highest BCUT2D eigenvalue weighted by atomic mass is 35.5. The molecule has 4 rings (SSSR count). The predicted octanol–water partition coefficient (Wildman–Crippen LogP) is 6.49. The summed E-state index contributed by atoms with van der Waals surface area (Å²) in [5.41, 5.74) is 1.65. The Balaban J connectivity index is 1.57. The second-order valence-electron chi connectivity index (χ2n) is 6.46. The average molecular weight is 485 g/mol. The van der Waals surface area contributed by atoms with Gasteiger partial charge in [-0.15, -0.1) is 11.3 Å². The molecule has 0 aliphatic carbocycles. The maximum Gasteiger partial charge on any atom is 0.236 e. The first-order valence-electron chi connectivity index (χ1n) is 8.50. The number of thiazole rings is 1. The highest BCUT2D eigenvalue weighted by molar-refractivity contribution is 7.91. The molecule has 0 bridgehead atoms. The highest BCUT2D eigenvalue weighted by Crippen LogP contribution is 2.36. The van der Waals surface area contributed by atoms with Gasteiger partial charge in [0.25, 0.3) is 0 Å². The molecule has 1 aromatic heterocycles. The Bertz CT molecular complexity index is 1350. The number of hydrogen-bond acceptors (Lipinski definition) is 4. The molecule has 0 spiro atoms. The number of aromatic nitrogens is 1. The van der Waals surface area contributed by atoms with Crippen LogP contribution in [-0.4, -0.2) is 13.4 Å². The molecule has 0 aliphatic heterocycles. The molecule has 0 aliphatic rings. The fourth-order valence-electron chi connectivity index (χ4n) is 2.90. The lowest BCUT2D eigenvalue weighted by Crippen LogP contribution is -2.15. The van der Waals surface area contributed by atoms with Gasteiger partial charge in [0.2, 0.25) is 10.0 Å². The first kappa shape index (κ1) is 21.0. The van der Waals surface area contributed by atoms with E-state index in [1.165, 1.54) is 17.4 Å². The van der Waals surface area contributed by atoms with Crippen LogP contribution >= 0.6 is 34.5 Å².